The van der Waals surface area contributed by atoms with Crippen molar-refractivity contribution in [3.8, 4) is 0 Å². The van der Waals surface area contributed by atoms with Crippen molar-refractivity contribution in [3.05, 3.63) is 81.8 Å². The molecule has 8 nitrogen and oxygen atoms in total. The lowest BCUT2D eigenvalue weighted by Gasteiger charge is -2.17. The summed E-state index contributed by atoms with van der Waals surface area (Å²) in [5, 5.41) is 5.90. The van der Waals surface area contributed by atoms with Crippen molar-refractivity contribution in [2.24, 2.45) is 0 Å². The van der Waals surface area contributed by atoms with Gasteiger partial charge in [-0.15, -0.1) is 0 Å². The van der Waals surface area contributed by atoms with E-state index in [0.717, 1.165) is 5.56 Å². The second-order valence-corrected chi connectivity index (χ2v) is 9.75. The molecule has 200 valence electrons. The molecule has 4 aromatic rings. The first-order valence-electron chi connectivity index (χ1n) is 11.9. The van der Waals surface area contributed by atoms with Crippen molar-refractivity contribution in [1.29, 1.82) is 0 Å². The van der Waals surface area contributed by atoms with Gasteiger partial charge in [0.05, 0.1) is 29.8 Å². The quantitative estimate of drug-likeness (QED) is 0.184. The van der Waals surface area contributed by atoms with Gasteiger partial charge in [0.1, 0.15) is 11.4 Å². The fourth-order valence-electron chi connectivity index (χ4n) is 3.73. The summed E-state index contributed by atoms with van der Waals surface area (Å²) in [6.45, 7) is 6.56. The molecule has 0 atom stereocenters. The molecule has 0 aliphatic carbocycles. The average Bonchev–Trinajstić information content (AvgIpc) is 2.87. The molecule has 0 amide bonds. The lowest BCUT2D eigenvalue weighted by Crippen LogP contribution is -2.14. The van der Waals surface area contributed by atoms with Gasteiger partial charge in [-0.1, -0.05) is 18.2 Å². The van der Waals surface area contributed by atoms with E-state index in [2.05, 4.69) is 25.6 Å². The first-order chi connectivity index (χ1) is 18.2. The Balaban J connectivity index is 1.62. The number of aromatic amines is 1. The Morgan fingerprint density at radius 3 is 2.39 bits per heavy atom. The van der Waals surface area contributed by atoms with Crippen LogP contribution in [-0.2, 0) is 21.4 Å². The number of anilines is 4. The third kappa shape index (κ3) is 6.48. The largest absolute Gasteiger partial charge is 0.421 e. The number of aryl methyl sites for hydroxylation is 1. The number of alkyl halides is 3. The first kappa shape index (κ1) is 27.5. The summed E-state index contributed by atoms with van der Waals surface area (Å²) in [4.78, 5) is 23.7. The maximum absolute atomic E-state index is 13.8. The molecule has 0 saturated carbocycles. The highest BCUT2D eigenvalue weighted by molar-refractivity contribution is 7.46. The summed E-state index contributed by atoms with van der Waals surface area (Å²) in [6.07, 6.45) is -1.83. The lowest BCUT2D eigenvalue weighted by atomic mass is 10.1. The van der Waals surface area contributed by atoms with Crippen molar-refractivity contribution in [1.82, 2.24) is 15.0 Å². The Morgan fingerprint density at radius 1 is 1.03 bits per heavy atom. The summed E-state index contributed by atoms with van der Waals surface area (Å²) in [5.74, 6) is -0.511. The number of hydrogen-bond donors (Lipinski definition) is 3. The molecule has 0 saturated heterocycles. The maximum atomic E-state index is 13.8. The number of fused-ring (bicyclic) bond motifs is 1. The van der Waals surface area contributed by atoms with Crippen molar-refractivity contribution in [3.63, 3.8) is 0 Å². The number of hydrogen-bond acceptors (Lipinski definition) is 7. The van der Waals surface area contributed by atoms with E-state index in [-0.39, 0.29) is 22.5 Å². The molecule has 0 unspecified atom stereocenters. The molecule has 38 heavy (non-hydrogen) atoms. The van der Waals surface area contributed by atoms with E-state index in [4.69, 9.17) is 9.05 Å². The van der Waals surface area contributed by atoms with Crippen LogP contribution in [0.15, 0.2) is 59.7 Å². The molecule has 4 rings (SSSR count). The molecule has 0 spiro atoms. The first-order valence-corrected chi connectivity index (χ1v) is 13.3. The van der Waals surface area contributed by atoms with E-state index in [9.17, 15) is 18.0 Å². The zero-order valence-corrected chi connectivity index (χ0v) is 21.9. The maximum Gasteiger partial charge on any atom is 0.421 e. The summed E-state index contributed by atoms with van der Waals surface area (Å²) < 4.78 is 52.7. The minimum absolute atomic E-state index is 0.0375. The van der Waals surface area contributed by atoms with E-state index < -0.39 is 25.9 Å². The highest BCUT2D eigenvalue weighted by Crippen LogP contribution is 2.42. The fourth-order valence-corrected chi connectivity index (χ4v) is 5.07. The highest BCUT2D eigenvalue weighted by atomic mass is 31.2. The van der Waals surface area contributed by atoms with Crippen LogP contribution in [0, 0.1) is 6.92 Å². The Hall–Kier alpha value is -3.53. The van der Waals surface area contributed by atoms with Crippen molar-refractivity contribution >= 4 is 42.4 Å². The number of nitrogens with one attached hydrogen (secondary N) is 3. The van der Waals surface area contributed by atoms with E-state index in [1.807, 2.05) is 26.0 Å². The lowest BCUT2D eigenvalue weighted by molar-refractivity contribution is -0.137. The summed E-state index contributed by atoms with van der Waals surface area (Å²) in [5.41, 5.74) is 1.37. The second kappa shape index (κ2) is 11.9. The van der Waals surface area contributed by atoms with E-state index >= 15 is 0 Å². The third-order valence-electron chi connectivity index (χ3n) is 5.51. The topological polar surface area (TPSA) is 101 Å². The predicted octanol–water partition coefficient (Wildman–Crippen LogP) is 7.02. The monoisotopic (exact) mass is 545 g/mol. The van der Waals surface area contributed by atoms with Crippen LogP contribution in [0.5, 0.6) is 0 Å². The van der Waals surface area contributed by atoms with Crippen LogP contribution in [0.1, 0.15) is 30.5 Å². The van der Waals surface area contributed by atoms with E-state index in [1.165, 1.54) is 6.07 Å². The van der Waals surface area contributed by atoms with Gasteiger partial charge < -0.3 is 24.7 Å². The van der Waals surface area contributed by atoms with Crippen LogP contribution < -0.4 is 16.1 Å². The standard InChI is InChI=1S/C26H27F3N5O3P/c1-4-36-38(37-5-2)15-17-9-11-18(12-10-17)32-25-31-14-19(26(27,28)29)24(34-25)33-21-8-6-7-20-22(21)23(35)16(3)13-30-20/h6-14H,4-5,15H2,1-3H3,(H,30,35)(H2,31,32,33,34). The van der Waals surface area contributed by atoms with Gasteiger partial charge in [0.25, 0.3) is 0 Å². The van der Waals surface area contributed by atoms with Gasteiger partial charge in [0, 0.05) is 29.8 Å². The molecule has 2 aromatic heterocycles. The molecule has 0 fully saturated rings. The number of pyridine rings is 1. The second-order valence-electron chi connectivity index (χ2n) is 8.26. The van der Waals surface area contributed by atoms with Crippen LogP contribution in [-0.4, -0.2) is 28.2 Å². The smallest absolute Gasteiger partial charge is 0.361 e. The molecule has 0 aliphatic heterocycles. The summed E-state index contributed by atoms with van der Waals surface area (Å²) in [6, 6.07) is 12.2. The van der Waals surface area contributed by atoms with Crippen LogP contribution in [0.4, 0.5) is 36.3 Å². The Morgan fingerprint density at radius 2 is 1.74 bits per heavy atom. The molecule has 0 bridgehead atoms. The number of halogens is 3. The zero-order chi connectivity index (χ0) is 27.3. The normalized spacial score (nSPS) is 11.8. The van der Waals surface area contributed by atoms with Gasteiger partial charge in [0.2, 0.25) is 5.95 Å². The SMILES string of the molecule is CCOP(Cc1ccc(Nc2ncc(C(F)(F)F)c(Nc3cccc4[nH]cc(C)c(=O)c34)n2)cc1)OCC. The van der Waals surface area contributed by atoms with E-state index in [1.54, 1.807) is 37.4 Å². The molecule has 12 heteroatoms. The van der Waals surface area contributed by atoms with E-state index in [0.29, 0.717) is 42.3 Å². The minimum Gasteiger partial charge on any atom is -0.361 e. The Labute approximate surface area is 218 Å². The average molecular weight is 546 g/mol. The number of benzene rings is 2. The molecule has 3 N–H and O–H groups in total. The van der Waals surface area contributed by atoms with Crippen molar-refractivity contribution in [2.45, 2.75) is 33.1 Å². The predicted molar refractivity (Wildman–Crippen MR) is 143 cm³/mol. The van der Waals surface area contributed by atoms with Gasteiger partial charge in [-0.2, -0.15) is 18.2 Å². The molecule has 2 heterocycles. The minimum atomic E-state index is -4.71. The van der Waals surface area contributed by atoms with Gasteiger partial charge in [-0.05, 0) is 50.6 Å². The summed E-state index contributed by atoms with van der Waals surface area (Å²) >= 11 is 0. The zero-order valence-electron chi connectivity index (χ0n) is 21.0. The van der Waals surface area contributed by atoms with Crippen LogP contribution >= 0.6 is 8.38 Å². The molecular weight excluding hydrogens is 518 g/mol. The van der Waals surface area contributed by atoms with Crippen LogP contribution in [0.3, 0.4) is 0 Å². The molecule has 2 aromatic carbocycles. The number of aromatic nitrogens is 3. The number of rotatable bonds is 10. The van der Waals surface area contributed by atoms with Gasteiger partial charge in [-0.3, -0.25) is 4.79 Å². The summed E-state index contributed by atoms with van der Waals surface area (Å²) in [7, 11) is -1.04. The Kier molecular flexibility index (Phi) is 8.61. The third-order valence-corrected chi connectivity index (χ3v) is 7.22. The number of H-pyrrole nitrogens is 1. The van der Waals surface area contributed by atoms with Gasteiger partial charge in [-0.25, -0.2) is 4.98 Å². The fraction of sp³-hybridized carbons (Fsp3) is 0.269. The van der Waals surface area contributed by atoms with Crippen LogP contribution in [0.25, 0.3) is 10.9 Å². The molecule has 0 aliphatic rings. The number of nitrogens with zero attached hydrogens (tertiary/aromatic N) is 2. The van der Waals surface area contributed by atoms with Gasteiger partial charge >= 0.3 is 6.18 Å². The Bertz CT molecular complexity index is 1460. The van der Waals surface area contributed by atoms with Crippen molar-refractivity contribution in [2.75, 3.05) is 23.8 Å². The molecule has 0 radical (unpaired) electrons. The van der Waals surface area contributed by atoms with Crippen molar-refractivity contribution < 1.29 is 22.2 Å². The highest BCUT2D eigenvalue weighted by Gasteiger charge is 2.35. The van der Waals surface area contributed by atoms with Crippen LogP contribution in [0.2, 0.25) is 0 Å². The van der Waals surface area contributed by atoms with Gasteiger partial charge in [0.15, 0.2) is 13.8 Å². The molecular formula is C26H27F3N5O3P.